The molecule has 0 spiro atoms. The van der Waals surface area contributed by atoms with E-state index in [9.17, 15) is 4.79 Å². The van der Waals surface area contributed by atoms with Crippen LogP contribution in [0.5, 0.6) is 0 Å². The summed E-state index contributed by atoms with van der Waals surface area (Å²) >= 11 is 0. The molecule has 118 valence electrons. The molecule has 0 saturated heterocycles. The summed E-state index contributed by atoms with van der Waals surface area (Å²) < 4.78 is 6.07. The van der Waals surface area contributed by atoms with E-state index >= 15 is 0 Å². The topological polar surface area (TPSA) is 46.5 Å². The van der Waals surface area contributed by atoms with E-state index in [0.29, 0.717) is 23.0 Å². The van der Waals surface area contributed by atoms with Crippen molar-refractivity contribution >= 4 is 5.97 Å². The number of ether oxygens (including phenoxy) is 1. The van der Waals surface area contributed by atoms with Gasteiger partial charge in [-0.1, -0.05) is 24.8 Å². The van der Waals surface area contributed by atoms with Crippen LogP contribution in [0.1, 0.15) is 25.1 Å². The van der Waals surface area contributed by atoms with Crippen LogP contribution in [0.15, 0.2) is 42.5 Å². The highest BCUT2D eigenvalue weighted by molar-refractivity contribution is 5.87. The summed E-state index contributed by atoms with van der Waals surface area (Å²) in [5, 5.41) is 9.02. The first-order chi connectivity index (χ1) is 9.38. The Morgan fingerprint density at radius 3 is 2.38 bits per heavy atom. The fourth-order valence-corrected chi connectivity index (χ4v) is 2.03. The summed E-state index contributed by atoms with van der Waals surface area (Å²) in [5.74, 6) is -0.394. The Bertz CT molecular complexity index is 460. The highest BCUT2D eigenvalue weighted by Gasteiger charge is 2.33. The average molecular weight is 314 g/mol. The van der Waals surface area contributed by atoms with Gasteiger partial charge >= 0.3 is 5.97 Å². The zero-order chi connectivity index (χ0) is 15.2. The van der Waals surface area contributed by atoms with Gasteiger partial charge in [0.2, 0.25) is 0 Å². The number of carbonyl (C=O) groups excluding carboxylic acids is 1. The summed E-state index contributed by atoms with van der Waals surface area (Å²) in [5.41, 5.74) is 1.32. The normalized spacial score (nSPS) is 12.2. The molecule has 0 aromatic heterocycles. The quantitative estimate of drug-likeness (QED) is 0.312. The number of hydrogen-bond donors (Lipinski definition) is 1. The number of rotatable bonds is 7. The zero-order valence-corrected chi connectivity index (χ0v) is 13.6. The van der Waals surface area contributed by atoms with Crippen LogP contribution >= 0.6 is 0 Å². The van der Waals surface area contributed by atoms with E-state index in [2.05, 4.69) is 6.58 Å². The highest BCUT2D eigenvalue weighted by atomic mass is 35.5. The van der Waals surface area contributed by atoms with Crippen molar-refractivity contribution in [2.45, 2.75) is 19.6 Å². The zero-order valence-electron chi connectivity index (χ0n) is 12.9. The lowest BCUT2D eigenvalue weighted by atomic mass is 10.1. The largest absolute Gasteiger partial charge is 1.00 e. The molecule has 5 heteroatoms. The third-order valence-electron chi connectivity index (χ3n) is 3.18. The predicted molar refractivity (Wildman–Crippen MR) is 78.8 cm³/mol. The summed E-state index contributed by atoms with van der Waals surface area (Å²) in [6, 6.07) is 9.64. The van der Waals surface area contributed by atoms with Crippen molar-refractivity contribution in [3.8, 4) is 0 Å². The number of nitrogens with zero attached hydrogens (tertiary/aromatic N) is 1. The molecule has 1 N–H and O–H groups in total. The molecule has 0 bridgehead atoms. The highest BCUT2D eigenvalue weighted by Crippen LogP contribution is 2.27. The number of halogens is 1. The number of esters is 1. The first-order valence-corrected chi connectivity index (χ1v) is 6.73. The Kier molecular flexibility index (Phi) is 8.25. The Balaban J connectivity index is 0.00000400. The lowest BCUT2D eigenvalue weighted by molar-refractivity contribution is -0.942. The molecule has 1 rings (SSSR count). The van der Waals surface area contributed by atoms with Gasteiger partial charge < -0.3 is 22.3 Å². The maximum absolute atomic E-state index is 11.9. The van der Waals surface area contributed by atoms with E-state index in [4.69, 9.17) is 9.84 Å². The molecular formula is C16H24ClNO3. The molecule has 21 heavy (non-hydrogen) atoms. The van der Waals surface area contributed by atoms with Crippen molar-refractivity contribution in [2.24, 2.45) is 0 Å². The van der Waals surface area contributed by atoms with Gasteiger partial charge in [-0.15, -0.1) is 0 Å². The molecule has 1 atom stereocenters. The van der Waals surface area contributed by atoms with Crippen molar-refractivity contribution in [1.82, 2.24) is 0 Å². The van der Waals surface area contributed by atoms with Gasteiger partial charge in [0.25, 0.3) is 6.23 Å². The third kappa shape index (κ3) is 5.87. The van der Waals surface area contributed by atoms with Gasteiger partial charge in [0.1, 0.15) is 0 Å². The minimum absolute atomic E-state index is 0. The van der Waals surface area contributed by atoms with Gasteiger partial charge in [0, 0.05) is 18.6 Å². The number of aliphatic hydroxyl groups is 1. The van der Waals surface area contributed by atoms with Gasteiger partial charge in [-0.2, -0.15) is 0 Å². The van der Waals surface area contributed by atoms with Gasteiger partial charge in [-0.05, 0) is 19.1 Å². The van der Waals surface area contributed by atoms with Crippen LogP contribution in [0.2, 0.25) is 0 Å². The van der Waals surface area contributed by atoms with Gasteiger partial charge in [-0.25, -0.2) is 4.79 Å². The van der Waals surface area contributed by atoms with Crippen LogP contribution in [-0.4, -0.2) is 42.8 Å². The fourth-order valence-electron chi connectivity index (χ4n) is 2.03. The van der Waals surface area contributed by atoms with E-state index < -0.39 is 12.2 Å². The maximum atomic E-state index is 11.9. The van der Waals surface area contributed by atoms with Crippen LogP contribution in [0.4, 0.5) is 0 Å². The van der Waals surface area contributed by atoms with Crippen LogP contribution < -0.4 is 12.4 Å². The van der Waals surface area contributed by atoms with E-state index in [1.54, 1.807) is 6.92 Å². The van der Waals surface area contributed by atoms with Crippen molar-refractivity contribution in [3.05, 3.63) is 48.0 Å². The summed E-state index contributed by atoms with van der Waals surface area (Å²) in [4.78, 5) is 11.9. The molecule has 0 saturated carbocycles. The lowest BCUT2D eigenvalue weighted by Crippen LogP contribution is -3.00. The standard InChI is InChI=1S/C16H24NO3.ClH/c1-13(2)16(19)20-15(14-9-6-5-7-10-14)17(3,4)11-8-12-18;/h5-7,9-10,15,18H,1,8,11-12H2,2-4H3;1H/q+1;/p-1. The van der Waals surface area contributed by atoms with E-state index in [1.807, 2.05) is 44.4 Å². The molecule has 1 unspecified atom stereocenters. The van der Waals surface area contributed by atoms with Gasteiger partial charge in [-0.3, -0.25) is 4.48 Å². The third-order valence-corrected chi connectivity index (χ3v) is 3.18. The van der Waals surface area contributed by atoms with E-state index in [-0.39, 0.29) is 19.0 Å². The Hall–Kier alpha value is -1.36. The molecule has 1 aromatic rings. The Morgan fingerprint density at radius 1 is 1.33 bits per heavy atom. The molecule has 0 aliphatic rings. The maximum Gasteiger partial charge on any atom is 0.337 e. The van der Waals surface area contributed by atoms with Gasteiger partial charge in [0.15, 0.2) is 0 Å². The van der Waals surface area contributed by atoms with Crippen LogP contribution in [-0.2, 0) is 9.53 Å². The Labute approximate surface area is 133 Å². The second-order valence-electron chi connectivity index (χ2n) is 5.53. The lowest BCUT2D eigenvalue weighted by Gasteiger charge is -2.37. The van der Waals surface area contributed by atoms with Crippen molar-refractivity contribution in [3.63, 3.8) is 0 Å². The number of benzene rings is 1. The summed E-state index contributed by atoms with van der Waals surface area (Å²) in [6.45, 7) is 6.09. The smallest absolute Gasteiger partial charge is 0.337 e. The minimum Gasteiger partial charge on any atom is -1.00 e. The SMILES string of the molecule is C=C(C)C(=O)OC(c1ccccc1)[N+](C)(C)CCCO.[Cl-]. The minimum atomic E-state index is -0.410. The monoisotopic (exact) mass is 313 g/mol. The Morgan fingerprint density at radius 2 is 1.90 bits per heavy atom. The number of aliphatic hydroxyl groups excluding tert-OH is 1. The molecular weight excluding hydrogens is 290 g/mol. The summed E-state index contributed by atoms with van der Waals surface area (Å²) in [7, 11) is 3.97. The van der Waals surface area contributed by atoms with Crippen LogP contribution in [0.3, 0.4) is 0 Å². The molecule has 4 nitrogen and oxygen atoms in total. The summed E-state index contributed by atoms with van der Waals surface area (Å²) in [6.07, 6.45) is 0.243. The van der Waals surface area contributed by atoms with Crippen molar-refractivity contribution in [1.29, 1.82) is 0 Å². The second kappa shape index (κ2) is 8.82. The van der Waals surface area contributed by atoms with E-state index in [0.717, 1.165) is 5.56 Å². The fraction of sp³-hybridized carbons (Fsp3) is 0.438. The molecule has 0 amide bonds. The first kappa shape index (κ1) is 19.6. The van der Waals surface area contributed by atoms with Crippen molar-refractivity contribution in [2.75, 3.05) is 27.2 Å². The molecule has 0 aliphatic carbocycles. The predicted octanol–water partition coefficient (Wildman–Crippen LogP) is -0.733. The molecule has 0 fully saturated rings. The molecule has 0 radical (unpaired) electrons. The molecule has 1 aromatic carbocycles. The van der Waals surface area contributed by atoms with E-state index in [1.165, 1.54) is 0 Å². The average Bonchev–Trinajstić information content (AvgIpc) is 2.43. The van der Waals surface area contributed by atoms with Gasteiger partial charge in [0.05, 0.1) is 26.2 Å². The number of hydrogen-bond acceptors (Lipinski definition) is 3. The van der Waals surface area contributed by atoms with Crippen LogP contribution in [0, 0.1) is 0 Å². The first-order valence-electron chi connectivity index (χ1n) is 6.73. The molecule has 0 aliphatic heterocycles. The second-order valence-corrected chi connectivity index (χ2v) is 5.53. The molecule has 0 heterocycles. The van der Waals surface area contributed by atoms with Crippen LogP contribution in [0.25, 0.3) is 0 Å². The number of quaternary nitrogens is 1. The number of carbonyl (C=O) groups is 1. The van der Waals surface area contributed by atoms with Crippen molar-refractivity contribution < 1.29 is 31.5 Å².